The van der Waals surface area contributed by atoms with E-state index in [0.717, 1.165) is 18.8 Å². The van der Waals surface area contributed by atoms with Crippen LogP contribution in [0.1, 0.15) is 0 Å². The van der Waals surface area contributed by atoms with Gasteiger partial charge in [0.2, 0.25) is 0 Å². The first kappa shape index (κ1) is 9.24. The monoisotopic (exact) mass is 141 g/mol. The van der Waals surface area contributed by atoms with Crippen LogP contribution in [0.5, 0.6) is 0 Å². The summed E-state index contributed by atoms with van der Waals surface area (Å²) in [6.07, 6.45) is 1.73. The second-order valence-electron chi connectivity index (χ2n) is 2.11. The quantitative estimate of drug-likeness (QED) is 0.534. The lowest BCUT2D eigenvalue weighted by atomic mass is 10.4. The summed E-state index contributed by atoms with van der Waals surface area (Å²) in [7, 11) is 3.65. The van der Waals surface area contributed by atoms with Crippen molar-refractivity contribution < 1.29 is 4.74 Å². The molecule has 2 heteroatoms. The normalized spacial score (nSPS) is 9.00. The molecule has 0 unspecified atom stereocenters. The standard InChI is InChI=1S/C8H15NO/c1-5-8(2)9(3)6-7-10-4/h5H,1-2,6-7H2,3-4H3. The van der Waals surface area contributed by atoms with E-state index >= 15 is 0 Å². The van der Waals surface area contributed by atoms with Crippen molar-refractivity contribution in [1.29, 1.82) is 0 Å². The molecular formula is C8H15NO. The van der Waals surface area contributed by atoms with Crippen molar-refractivity contribution in [2.75, 3.05) is 27.3 Å². The van der Waals surface area contributed by atoms with Gasteiger partial charge in [-0.3, -0.25) is 0 Å². The van der Waals surface area contributed by atoms with E-state index in [1.54, 1.807) is 13.2 Å². The maximum Gasteiger partial charge on any atom is 0.0637 e. The topological polar surface area (TPSA) is 12.5 Å². The first-order valence-electron chi connectivity index (χ1n) is 3.23. The first-order chi connectivity index (χ1) is 4.72. The van der Waals surface area contributed by atoms with Crippen molar-refractivity contribution >= 4 is 0 Å². The highest BCUT2D eigenvalue weighted by molar-refractivity contribution is 5.08. The summed E-state index contributed by atoms with van der Waals surface area (Å²) in [4.78, 5) is 2.00. The van der Waals surface area contributed by atoms with E-state index in [4.69, 9.17) is 4.74 Å². The highest BCUT2D eigenvalue weighted by atomic mass is 16.5. The Morgan fingerprint density at radius 2 is 2.30 bits per heavy atom. The average molecular weight is 141 g/mol. The summed E-state index contributed by atoms with van der Waals surface area (Å²) in [5.41, 5.74) is 0.928. The Bertz CT molecular complexity index is 120. The first-order valence-corrected chi connectivity index (χ1v) is 3.23. The van der Waals surface area contributed by atoms with Crippen LogP contribution in [0.15, 0.2) is 24.9 Å². The molecule has 0 aliphatic heterocycles. The van der Waals surface area contributed by atoms with Gasteiger partial charge < -0.3 is 9.64 Å². The zero-order chi connectivity index (χ0) is 7.98. The maximum absolute atomic E-state index is 4.89. The van der Waals surface area contributed by atoms with Crippen LogP contribution >= 0.6 is 0 Å². The minimum atomic E-state index is 0.726. The molecule has 0 saturated heterocycles. The Labute approximate surface area is 62.8 Å². The maximum atomic E-state index is 4.89. The van der Waals surface area contributed by atoms with E-state index in [-0.39, 0.29) is 0 Å². The number of hydrogen-bond donors (Lipinski definition) is 0. The summed E-state index contributed by atoms with van der Waals surface area (Å²) in [5, 5.41) is 0. The number of methoxy groups -OCH3 is 1. The van der Waals surface area contributed by atoms with E-state index in [9.17, 15) is 0 Å². The fourth-order valence-electron chi connectivity index (χ4n) is 0.528. The van der Waals surface area contributed by atoms with Gasteiger partial charge in [0.1, 0.15) is 0 Å². The van der Waals surface area contributed by atoms with Gasteiger partial charge in [0.15, 0.2) is 0 Å². The zero-order valence-corrected chi connectivity index (χ0v) is 6.76. The molecule has 58 valence electrons. The van der Waals surface area contributed by atoms with Crippen LogP contribution in [-0.2, 0) is 4.74 Å². The number of ether oxygens (including phenoxy) is 1. The molecule has 0 atom stereocenters. The third-order valence-electron chi connectivity index (χ3n) is 1.36. The van der Waals surface area contributed by atoms with E-state index in [1.165, 1.54) is 0 Å². The lowest BCUT2D eigenvalue weighted by Gasteiger charge is -2.17. The van der Waals surface area contributed by atoms with Gasteiger partial charge >= 0.3 is 0 Å². The summed E-state index contributed by atoms with van der Waals surface area (Å²) in [6.45, 7) is 8.97. The highest BCUT2D eigenvalue weighted by Crippen LogP contribution is 1.96. The van der Waals surface area contributed by atoms with Crippen LogP contribution < -0.4 is 0 Å². The van der Waals surface area contributed by atoms with Gasteiger partial charge in [0.05, 0.1) is 6.61 Å². The van der Waals surface area contributed by atoms with Gasteiger partial charge in [0, 0.05) is 26.4 Å². The predicted molar refractivity (Wildman–Crippen MR) is 43.8 cm³/mol. The third-order valence-corrected chi connectivity index (χ3v) is 1.36. The van der Waals surface area contributed by atoms with Crippen LogP contribution in [0.25, 0.3) is 0 Å². The second kappa shape index (κ2) is 5.06. The molecule has 0 aromatic heterocycles. The second-order valence-corrected chi connectivity index (χ2v) is 2.11. The molecule has 0 aliphatic rings. The molecule has 0 aliphatic carbocycles. The van der Waals surface area contributed by atoms with Crippen molar-refractivity contribution in [3.63, 3.8) is 0 Å². The van der Waals surface area contributed by atoms with Crippen LogP contribution in [0.4, 0.5) is 0 Å². The lowest BCUT2D eigenvalue weighted by molar-refractivity contribution is 0.175. The van der Waals surface area contributed by atoms with E-state index in [1.807, 2.05) is 11.9 Å². The molecule has 0 amide bonds. The summed E-state index contributed by atoms with van der Waals surface area (Å²) in [6, 6.07) is 0. The van der Waals surface area contributed by atoms with Crippen LogP contribution in [0.2, 0.25) is 0 Å². The SMILES string of the molecule is C=CC(=C)N(C)CCOC. The molecule has 0 spiro atoms. The van der Waals surface area contributed by atoms with Crippen LogP contribution in [0.3, 0.4) is 0 Å². The molecule has 2 nitrogen and oxygen atoms in total. The Balaban J connectivity index is 3.51. The Kier molecular flexibility index (Phi) is 4.67. The number of allylic oxidation sites excluding steroid dienone is 1. The largest absolute Gasteiger partial charge is 0.383 e. The fraction of sp³-hybridized carbons (Fsp3) is 0.500. The van der Waals surface area contributed by atoms with Crippen molar-refractivity contribution in [2.24, 2.45) is 0 Å². The molecular weight excluding hydrogens is 126 g/mol. The summed E-state index contributed by atoms with van der Waals surface area (Å²) in [5.74, 6) is 0. The molecule has 0 rings (SSSR count). The Morgan fingerprint density at radius 1 is 1.70 bits per heavy atom. The van der Waals surface area contributed by atoms with Crippen LogP contribution in [0, 0.1) is 0 Å². The molecule has 0 fully saturated rings. The number of rotatable bonds is 5. The van der Waals surface area contributed by atoms with Crippen LogP contribution in [-0.4, -0.2) is 32.2 Å². The minimum Gasteiger partial charge on any atom is -0.383 e. The van der Waals surface area contributed by atoms with Crippen molar-refractivity contribution in [3.05, 3.63) is 24.9 Å². The summed E-state index contributed by atoms with van der Waals surface area (Å²) >= 11 is 0. The smallest absolute Gasteiger partial charge is 0.0637 e. The number of hydrogen-bond acceptors (Lipinski definition) is 2. The van der Waals surface area contributed by atoms with E-state index in [0.29, 0.717) is 0 Å². The van der Waals surface area contributed by atoms with Gasteiger partial charge in [-0.25, -0.2) is 0 Å². The molecule has 0 radical (unpaired) electrons. The van der Waals surface area contributed by atoms with Crippen molar-refractivity contribution in [1.82, 2.24) is 4.90 Å². The predicted octanol–water partition coefficient (Wildman–Crippen LogP) is 1.26. The fourth-order valence-corrected chi connectivity index (χ4v) is 0.528. The third kappa shape index (κ3) is 3.30. The van der Waals surface area contributed by atoms with Crippen molar-refractivity contribution in [3.8, 4) is 0 Å². The zero-order valence-electron chi connectivity index (χ0n) is 6.76. The van der Waals surface area contributed by atoms with Gasteiger partial charge in [0.25, 0.3) is 0 Å². The van der Waals surface area contributed by atoms with E-state index in [2.05, 4.69) is 13.2 Å². The summed E-state index contributed by atoms with van der Waals surface area (Å²) < 4.78 is 4.89. The number of nitrogens with zero attached hydrogens (tertiary/aromatic N) is 1. The molecule has 0 bridgehead atoms. The number of likely N-dealkylation sites (N-methyl/N-ethyl adjacent to an activating group) is 1. The molecule has 0 saturated carbocycles. The van der Waals surface area contributed by atoms with E-state index < -0.39 is 0 Å². The molecule has 0 aromatic rings. The van der Waals surface area contributed by atoms with Crippen molar-refractivity contribution in [2.45, 2.75) is 0 Å². The Hall–Kier alpha value is -0.760. The van der Waals surface area contributed by atoms with Gasteiger partial charge in [-0.1, -0.05) is 13.2 Å². The molecule has 0 heterocycles. The van der Waals surface area contributed by atoms with Gasteiger partial charge in [-0.15, -0.1) is 0 Å². The molecule has 0 aromatic carbocycles. The van der Waals surface area contributed by atoms with Gasteiger partial charge in [-0.2, -0.15) is 0 Å². The minimum absolute atomic E-state index is 0.726. The highest BCUT2D eigenvalue weighted by Gasteiger charge is 1.94. The Morgan fingerprint density at radius 3 is 2.70 bits per heavy atom. The molecule has 0 N–H and O–H groups in total. The van der Waals surface area contributed by atoms with Gasteiger partial charge in [-0.05, 0) is 6.08 Å². The average Bonchev–Trinajstić information content (AvgIpc) is 1.98. The molecule has 10 heavy (non-hydrogen) atoms. The lowest BCUT2D eigenvalue weighted by Crippen LogP contribution is -2.20.